The number of aromatic nitrogens is 1. The largest absolute Gasteiger partial charge is 0.340 e. The van der Waals surface area contributed by atoms with E-state index in [1.54, 1.807) is 0 Å². The highest BCUT2D eigenvalue weighted by atomic mass is 32.2. The van der Waals surface area contributed by atoms with Gasteiger partial charge in [-0.25, -0.2) is 13.4 Å². The molecular formula is C22H34N4O4S2. The smallest absolute Gasteiger partial charge is 0.237 e. The third-order valence-electron chi connectivity index (χ3n) is 6.91. The first-order valence-corrected chi connectivity index (χ1v) is 14.4. The maximum absolute atomic E-state index is 13.4. The Bertz CT molecular complexity index is 918. The molecule has 178 valence electrons. The van der Waals surface area contributed by atoms with Crippen LogP contribution in [0.3, 0.4) is 0 Å². The molecule has 3 fully saturated rings. The molecule has 8 nitrogen and oxygen atoms in total. The Kier molecular flexibility index (Phi) is 7.51. The number of nitrogens with zero attached hydrogens (tertiary/aromatic N) is 4. The first kappa shape index (κ1) is 23.6. The minimum atomic E-state index is -3.04. The molecule has 2 saturated heterocycles. The fraction of sp³-hybridized carbons (Fsp3) is 0.773. The van der Waals surface area contributed by atoms with Crippen molar-refractivity contribution in [3.8, 4) is 0 Å². The van der Waals surface area contributed by atoms with Crippen molar-refractivity contribution in [2.24, 2.45) is 0 Å². The predicted octanol–water partition coefficient (Wildman–Crippen LogP) is 1.49. The van der Waals surface area contributed by atoms with E-state index < -0.39 is 9.84 Å². The van der Waals surface area contributed by atoms with Crippen LogP contribution in [0.4, 0.5) is 0 Å². The fourth-order valence-corrected chi connectivity index (χ4v) is 7.69. The number of rotatable bonds is 6. The van der Waals surface area contributed by atoms with Gasteiger partial charge >= 0.3 is 0 Å². The SMILES string of the molecule is Cc1csc(CC(=O)N2CCN(CC(=O)N(C3CCCCC3)[C@H]3CCS(=O)(=O)C3)CC2)n1. The molecule has 0 bridgehead atoms. The van der Waals surface area contributed by atoms with Gasteiger partial charge in [0.1, 0.15) is 5.01 Å². The summed E-state index contributed by atoms with van der Waals surface area (Å²) in [6.07, 6.45) is 6.24. The molecule has 1 aromatic heterocycles. The van der Waals surface area contributed by atoms with Crippen molar-refractivity contribution >= 4 is 33.0 Å². The van der Waals surface area contributed by atoms with Crippen molar-refractivity contribution in [1.82, 2.24) is 19.7 Å². The molecule has 0 unspecified atom stereocenters. The maximum atomic E-state index is 13.4. The van der Waals surface area contributed by atoms with Crippen molar-refractivity contribution in [3.05, 3.63) is 16.1 Å². The summed E-state index contributed by atoms with van der Waals surface area (Å²) < 4.78 is 24.2. The van der Waals surface area contributed by atoms with Crippen LogP contribution in [-0.4, -0.2) is 96.2 Å². The van der Waals surface area contributed by atoms with Gasteiger partial charge in [0.05, 0.1) is 24.5 Å². The molecule has 32 heavy (non-hydrogen) atoms. The monoisotopic (exact) mass is 482 g/mol. The van der Waals surface area contributed by atoms with E-state index in [1.807, 2.05) is 22.1 Å². The van der Waals surface area contributed by atoms with Gasteiger partial charge in [-0.3, -0.25) is 14.5 Å². The third kappa shape index (κ3) is 5.88. The van der Waals surface area contributed by atoms with Gasteiger partial charge in [0.25, 0.3) is 0 Å². The summed E-state index contributed by atoms with van der Waals surface area (Å²) in [7, 11) is -3.04. The number of carbonyl (C=O) groups is 2. The molecule has 1 atom stereocenters. The van der Waals surface area contributed by atoms with E-state index in [-0.39, 0.29) is 35.4 Å². The van der Waals surface area contributed by atoms with Crippen molar-refractivity contribution in [3.63, 3.8) is 0 Å². The molecule has 3 heterocycles. The first-order valence-electron chi connectivity index (χ1n) is 11.7. The molecule has 0 spiro atoms. The summed E-state index contributed by atoms with van der Waals surface area (Å²) in [5.41, 5.74) is 0.943. The lowest BCUT2D eigenvalue weighted by atomic mass is 9.92. The van der Waals surface area contributed by atoms with Gasteiger partial charge in [-0.15, -0.1) is 11.3 Å². The minimum absolute atomic E-state index is 0.0528. The average molecular weight is 483 g/mol. The topological polar surface area (TPSA) is 90.9 Å². The average Bonchev–Trinajstić information content (AvgIpc) is 3.33. The van der Waals surface area contributed by atoms with Gasteiger partial charge in [0.15, 0.2) is 9.84 Å². The fourth-order valence-electron chi connectivity index (χ4n) is 5.21. The van der Waals surface area contributed by atoms with Crippen LogP contribution >= 0.6 is 11.3 Å². The van der Waals surface area contributed by atoms with Crippen LogP contribution in [0.5, 0.6) is 0 Å². The van der Waals surface area contributed by atoms with E-state index in [0.717, 1.165) is 36.4 Å². The summed E-state index contributed by atoms with van der Waals surface area (Å²) >= 11 is 1.52. The van der Waals surface area contributed by atoms with Crippen LogP contribution in [0.15, 0.2) is 5.38 Å². The van der Waals surface area contributed by atoms with Gasteiger partial charge in [-0.1, -0.05) is 19.3 Å². The van der Waals surface area contributed by atoms with Crippen LogP contribution in [0, 0.1) is 6.92 Å². The standard InChI is InChI=1S/C22H34N4O4S2/c1-17-15-31-20(23-17)13-21(27)25-10-8-24(9-11-25)14-22(28)26(18-5-3-2-4-6-18)19-7-12-32(29,30)16-19/h15,18-19H,2-14,16H2,1H3/t19-/m0/s1. The van der Waals surface area contributed by atoms with Crippen LogP contribution in [0.2, 0.25) is 0 Å². The van der Waals surface area contributed by atoms with E-state index in [9.17, 15) is 18.0 Å². The van der Waals surface area contributed by atoms with Crippen molar-refractivity contribution < 1.29 is 18.0 Å². The van der Waals surface area contributed by atoms with Crippen molar-refractivity contribution in [2.45, 2.75) is 64.0 Å². The molecule has 3 aliphatic rings. The molecule has 1 aromatic rings. The summed E-state index contributed by atoms with van der Waals surface area (Å²) in [5.74, 6) is 0.434. The number of hydrogen-bond donors (Lipinski definition) is 0. The van der Waals surface area contributed by atoms with Gasteiger partial charge in [-0.2, -0.15) is 0 Å². The molecule has 4 rings (SSSR count). The molecule has 10 heteroatoms. The van der Waals surface area contributed by atoms with Crippen molar-refractivity contribution in [2.75, 3.05) is 44.2 Å². The predicted molar refractivity (Wildman–Crippen MR) is 124 cm³/mol. The minimum Gasteiger partial charge on any atom is -0.340 e. The Morgan fingerprint density at radius 1 is 1.09 bits per heavy atom. The van der Waals surface area contributed by atoms with Gasteiger partial charge in [0.2, 0.25) is 11.8 Å². The number of piperazine rings is 1. The molecule has 2 aliphatic heterocycles. The van der Waals surface area contributed by atoms with Gasteiger partial charge in [-0.05, 0) is 26.2 Å². The zero-order valence-electron chi connectivity index (χ0n) is 18.9. The second-order valence-corrected chi connectivity index (χ2v) is 12.5. The summed E-state index contributed by atoms with van der Waals surface area (Å²) in [6.45, 7) is 4.78. The number of hydrogen-bond acceptors (Lipinski definition) is 7. The summed E-state index contributed by atoms with van der Waals surface area (Å²) in [4.78, 5) is 36.3. The highest BCUT2D eigenvalue weighted by Gasteiger charge is 2.39. The van der Waals surface area contributed by atoms with Crippen LogP contribution in [0.1, 0.15) is 49.2 Å². The lowest BCUT2D eigenvalue weighted by Crippen LogP contribution is -2.55. The Morgan fingerprint density at radius 3 is 2.41 bits per heavy atom. The molecule has 1 aliphatic carbocycles. The third-order valence-corrected chi connectivity index (χ3v) is 9.63. The second-order valence-electron chi connectivity index (χ2n) is 9.37. The molecule has 0 N–H and O–H groups in total. The Balaban J connectivity index is 1.32. The van der Waals surface area contributed by atoms with E-state index in [1.165, 1.54) is 17.8 Å². The summed E-state index contributed by atoms with van der Waals surface area (Å²) in [6, 6.07) is -0.0145. The molecule has 0 aromatic carbocycles. The van der Waals surface area contributed by atoms with Crippen LogP contribution < -0.4 is 0 Å². The highest BCUT2D eigenvalue weighted by molar-refractivity contribution is 7.91. The second kappa shape index (κ2) is 10.2. The zero-order chi connectivity index (χ0) is 22.7. The van der Waals surface area contributed by atoms with Gasteiger partial charge in [0, 0.05) is 49.3 Å². The quantitative estimate of drug-likeness (QED) is 0.610. The van der Waals surface area contributed by atoms with Gasteiger partial charge < -0.3 is 9.80 Å². The highest BCUT2D eigenvalue weighted by Crippen LogP contribution is 2.28. The van der Waals surface area contributed by atoms with Crippen LogP contribution in [-0.2, 0) is 25.8 Å². The number of thiazole rings is 1. The lowest BCUT2D eigenvalue weighted by molar-refractivity contribution is -0.139. The number of amides is 2. The van der Waals surface area contributed by atoms with E-state index >= 15 is 0 Å². The molecular weight excluding hydrogens is 448 g/mol. The Hall–Kier alpha value is -1.52. The Morgan fingerprint density at radius 2 is 1.81 bits per heavy atom. The lowest BCUT2D eigenvalue weighted by Gasteiger charge is -2.40. The summed E-state index contributed by atoms with van der Waals surface area (Å²) in [5, 5.41) is 2.81. The van der Waals surface area contributed by atoms with E-state index in [0.29, 0.717) is 45.6 Å². The maximum Gasteiger partial charge on any atom is 0.237 e. The Labute approximate surface area is 194 Å². The normalized spacial score (nSPS) is 24.5. The molecule has 2 amide bonds. The zero-order valence-corrected chi connectivity index (χ0v) is 20.5. The van der Waals surface area contributed by atoms with Crippen LogP contribution in [0.25, 0.3) is 0 Å². The number of sulfone groups is 1. The van der Waals surface area contributed by atoms with E-state index in [4.69, 9.17) is 0 Å². The molecule has 0 radical (unpaired) electrons. The first-order chi connectivity index (χ1) is 15.3. The number of aryl methyl sites for hydroxylation is 1. The van der Waals surface area contributed by atoms with E-state index in [2.05, 4.69) is 9.88 Å². The van der Waals surface area contributed by atoms with Crippen molar-refractivity contribution in [1.29, 1.82) is 0 Å². The number of carbonyl (C=O) groups excluding carboxylic acids is 2. The molecule has 1 saturated carbocycles.